The number of rotatable bonds is 6. The van der Waals surface area contributed by atoms with E-state index < -0.39 is 16.7 Å². The molecule has 2 amide bonds. The van der Waals surface area contributed by atoms with Gasteiger partial charge in [-0.1, -0.05) is 18.2 Å². The standard InChI is InChI=1S/C15H13N5O4/c21-14(10-17-15(22)13-6-1-2-7-16-13)19-18-9-11-4-3-5-12(8-11)20(23)24/h1-9H,10H2,(H,17,22)(H,19,21)/b18-9-. The van der Waals surface area contributed by atoms with Crippen molar-refractivity contribution in [3.05, 3.63) is 70.0 Å². The van der Waals surface area contributed by atoms with Crippen LogP contribution in [0, 0.1) is 10.1 Å². The van der Waals surface area contributed by atoms with E-state index in [1.165, 1.54) is 36.7 Å². The maximum Gasteiger partial charge on any atom is 0.270 e. The fraction of sp³-hybridized carbons (Fsp3) is 0.0667. The lowest BCUT2D eigenvalue weighted by molar-refractivity contribution is -0.384. The van der Waals surface area contributed by atoms with Gasteiger partial charge < -0.3 is 5.32 Å². The van der Waals surface area contributed by atoms with Crippen LogP contribution < -0.4 is 10.7 Å². The van der Waals surface area contributed by atoms with Crippen molar-refractivity contribution in [2.45, 2.75) is 0 Å². The molecule has 0 spiro atoms. The molecule has 24 heavy (non-hydrogen) atoms. The highest BCUT2D eigenvalue weighted by atomic mass is 16.6. The van der Waals surface area contributed by atoms with Crippen molar-refractivity contribution in [1.82, 2.24) is 15.7 Å². The fourth-order valence-corrected chi connectivity index (χ4v) is 1.69. The van der Waals surface area contributed by atoms with Gasteiger partial charge in [0, 0.05) is 23.9 Å². The zero-order valence-electron chi connectivity index (χ0n) is 12.4. The Morgan fingerprint density at radius 1 is 1.25 bits per heavy atom. The average molecular weight is 327 g/mol. The molecule has 9 heteroatoms. The minimum Gasteiger partial charge on any atom is -0.342 e. The highest BCUT2D eigenvalue weighted by Crippen LogP contribution is 2.11. The van der Waals surface area contributed by atoms with Crippen molar-refractivity contribution in [2.75, 3.05) is 6.54 Å². The van der Waals surface area contributed by atoms with E-state index in [2.05, 4.69) is 20.8 Å². The number of nitrogens with one attached hydrogen (secondary N) is 2. The van der Waals surface area contributed by atoms with Crippen LogP contribution in [0.4, 0.5) is 5.69 Å². The Kier molecular flexibility index (Phi) is 5.67. The van der Waals surface area contributed by atoms with Crippen molar-refractivity contribution in [3.63, 3.8) is 0 Å². The second kappa shape index (κ2) is 8.13. The van der Waals surface area contributed by atoms with Crippen molar-refractivity contribution < 1.29 is 14.5 Å². The third-order valence-electron chi connectivity index (χ3n) is 2.79. The van der Waals surface area contributed by atoms with Gasteiger partial charge >= 0.3 is 0 Å². The van der Waals surface area contributed by atoms with Gasteiger partial charge in [0.25, 0.3) is 17.5 Å². The third kappa shape index (κ3) is 4.98. The summed E-state index contributed by atoms with van der Waals surface area (Å²) >= 11 is 0. The molecular formula is C15H13N5O4. The second-order valence-corrected chi connectivity index (χ2v) is 4.54. The van der Waals surface area contributed by atoms with Gasteiger partial charge in [-0.25, -0.2) is 5.43 Å². The van der Waals surface area contributed by atoms with Crippen LogP contribution in [0.15, 0.2) is 53.8 Å². The molecule has 0 aliphatic carbocycles. The highest BCUT2D eigenvalue weighted by molar-refractivity contribution is 5.94. The molecule has 0 radical (unpaired) electrons. The number of benzene rings is 1. The summed E-state index contributed by atoms with van der Waals surface area (Å²) in [4.78, 5) is 37.2. The van der Waals surface area contributed by atoms with Crippen LogP contribution in [0.3, 0.4) is 0 Å². The first-order chi connectivity index (χ1) is 11.6. The first-order valence-corrected chi connectivity index (χ1v) is 6.82. The van der Waals surface area contributed by atoms with Crippen LogP contribution >= 0.6 is 0 Å². The third-order valence-corrected chi connectivity index (χ3v) is 2.79. The molecule has 0 aliphatic heterocycles. The molecule has 0 aliphatic rings. The number of amides is 2. The molecule has 1 heterocycles. The largest absolute Gasteiger partial charge is 0.342 e. The zero-order valence-corrected chi connectivity index (χ0v) is 12.4. The van der Waals surface area contributed by atoms with E-state index in [0.717, 1.165) is 0 Å². The molecule has 0 fully saturated rings. The Morgan fingerprint density at radius 2 is 2.08 bits per heavy atom. The second-order valence-electron chi connectivity index (χ2n) is 4.54. The van der Waals surface area contributed by atoms with Crippen LogP contribution in [0.1, 0.15) is 16.1 Å². The van der Waals surface area contributed by atoms with E-state index in [1.54, 1.807) is 18.2 Å². The fourth-order valence-electron chi connectivity index (χ4n) is 1.69. The van der Waals surface area contributed by atoms with Gasteiger partial charge in [0.2, 0.25) is 0 Å². The predicted molar refractivity (Wildman–Crippen MR) is 85.4 cm³/mol. The average Bonchev–Trinajstić information content (AvgIpc) is 2.60. The molecule has 1 aromatic heterocycles. The molecule has 2 rings (SSSR count). The Balaban J connectivity index is 1.82. The molecule has 0 atom stereocenters. The number of carbonyl (C=O) groups excluding carboxylic acids is 2. The van der Waals surface area contributed by atoms with E-state index >= 15 is 0 Å². The SMILES string of the molecule is O=C(CNC(=O)c1ccccn1)N/N=C\c1cccc([N+](=O)[O-])c1. The number of nitro benzene ring substituents is 1. The topological polar surface area (TPSA) is 127 Å². The minimum atomic E-state index is -0.541. The van der Waals surface area contributed by atoms with Crippen LogP contribution in [-0.2, 0) is 4.79 Å². The van der Waals surface area contributed by atoms with E-state index in [0.29, 0.717) is 5.56 Å². The van der Waals surface area contributed by atoms with E-state index in [1.807, 2.05) is 0 Å². The van der Waals surface area contributed by atoms with Gasteiger partial charge in [-0.15, -0.1) is 0 Å². The van der Waals surface area contributed by atoms with Crippen molar-refractivity contribution >= 4 is 23.7 Å². The number of hydrogen-bond acceptors (Lipinski definition) is 6. The monoisotopic (exact) mass is 327 g/mol. The van der Waals surface area contributed by atoms with Crippen molar-refractivity contribution in [2.24, 2.45) is 5.10 Å². The Morgan fingerprint density at radius 3 is 2.79 bits per heavy atom. The number of nitrogens with zero attached hydrogens (tertiary/aromatic N) is 3. The smallest absolute Gasteiger partial charge is 0.270 e. The quantitative estimate of drug-likeness (QED) is 0.462. The van der Waals surface area contributed by atoms with E-state index in [9.17, 15) is 19.7 Å². The minimum absolute atomic E-state index is 0.0760. The summed E-state index contributed by atoms with van der Waals surface area (Å²) in [6.07, 6.45) is 2.74. The number of carbonyl (C=O) groups is 2. The summed E-state index contributed by atoms with van der Waals surface area (Å²) < 4.78 is 0. The molecule has 9 nitrogen and oxygen atoms in total. The lowest BCUT2D eigenvalue weighted by Crippen LogP contribution is -2.35. The Labute approximate surface area is 136 Å². The lowest BCUT2D eigenvalue weighted by atomic mass is 10.2. The molecule has 0 bridgehead atoms. The summed E-state index contributed by atoms with van der Waals surface area (Å²) in [5.74, 6) is -1.02. The number of aromatic nitrogens is 1. The normalized spacial score (nSPS) is 10.3. The lowest BCUT2D eigenvalue weighted by Gasteiger charge is -2.03. The molecule has 1 aromatic carbocycles. The van der Waals surface area contributed by atoms with Gasteiger partial charge in [-0.2, -0.15) is 5.10 Å². The molecule has 0 unspecified atom stereocenters. The zero-order chi connectivity index (χ0) is 17.4. The Hall–Kier alpha value is -3.62. The van der Waals surface area contributed by atoms with Crippen LogP contribution in [0.5, 0.6) is 0 Å². The van der Waals surface area contributed by atoms with Crippen LogP contribution in [0.25, 0.3) is 0 Å². The summed E-state index contributed by atoms with van der Waals surface area (Å²) in [5.41, 5.74) is 2.80. The first kappa shape index (κ1) is 16.7. The Bertz CT molecular complexity index is 776. The maximum absolute atomic E-state index is 11.7. The maximum atomic E-state index is 11.7. The van der Waals surface area contributed by atoms with Gasteiger partial charge in [0.15, 0.2) is 0 Å². The summed E-state index contributed by atoms with van der Waals surface area (Å²) in [6, 6.07) is 10.6. The van der Waals surface area contributed by atoms with Crippen LogP contribution in [-0.4, -0.2) is 34.5 Å². The molecular weight excluding hydrogens is 314 g/mol. The highest BCUT2D eigenvalue weighted by Gasteiger charge is 2.08. The van der Waals surface area contributed by atoms with Crippen molar-refractivity contribution in [3.8, 4) is 0 Å². The molecule has 2 aromatic rings. The van der Waals surface area contributed by atoms with Crippen LogP contribution in [0.2, 0.25) is 0 Å². The molecule has 0 saturated carbocycles. The van der Waals surface area contributed by atoms with E-state index in [-0.39, 0.29) is 17.9 Å². The summed E-state index contributed by atoms with van der Waals surface area (Å²) in [5, 5.41) is 16.7. The van der Waals surface area contributed by atoms with Gasteiger partial charge in [-0.05, 0) is 12.1 Å². The van der Waals surface area contributed by atoms with Crippen molar-refractivity contribution in [1.29, 1.82) is 0 Å². The van der Waals surface area contributed by atoms with Gasteiger partial charge in [-0.3, -0.25) is 24.7 Å². The summed E-state index contributed by atoms with van der Waals surface area (Å²) in [6.45, 7) is -0.276. The molecule has 2 N–H and O–H groups in total. The molecule has 0 saturated heterocycles. The number of hydrazone groups is 1. The van der Waals surface area contributed by atoms with Gasteiger partial charge in [0.05, 0.1) is 17.7 Å². The van der Waals surface area contributed by atoms with E-state index in [4.69, 9.17) is 0 Å². The summed E-state index contributed by atoms with van der Waals surface area (Å²) in [7, 11) is 0. The predicted octanol–water partition coefficient (Wildman–Crippen LogP) is 0.870. The first-order valence-electron chi connectivity index (χ1n) is 6.82. The molecule has 122 valence electrons. The van der Waals surface area contributed by atoms with Gasteiger partial charge in [0.1, 0.15) is 5.69 Å². The number of hydrogen-bond donors (Lipinski definition) is 2. The number of non-ortho nitro benzene ring substituents is 1. The number of pyridine rings is 1. The number of nitro groups is 1.